The number of fused-ring (bicyclic) bond motifs is 1. The lowest BCUT2D eigenvalue weighted by Crippen LogP contribution is -2.44. The first-order valence-electron chi connectivity index (χ1n) is 7.09. The Morgan fingerprint density at radius 2 is 2.00 bits per heavy atom. The minimum Gasteiger partial charge on any atom is -0.431 e. The Bertz CT molecular complexity index is 820. The van der Waals surface area contributed by atoms with Gasteiger partial charge in [0.1, 0.15) is 10.8 Å². The van der Waals surface area contributed by atoms with Crippen LogP contribution in [0.4, 0.5) is 4.79 Å². The quantitative estimate of drug-likeness (QED) is 0.513. The number of carbonyl (C=O) groups excluding carboxylic acids is 4. The van der Waals surface area contributed by atoms with Crippen LogP contribution >= 0.6 is 23.5 Å². The Morgan fingerprint density at radius 1 is 1.24 bits per heavy atom. The molecule has 1 aliphatic rings. The summed E-state index contributed by atoms with van der Waals surface area (Å²) >= 11 is 1.83. The molecule has 0 saturated carbocycles. The van der Waals surface area contributed by atoms with Crippen molar-refractivity contribution in [3.63, 3.8) is 0 Å². The number of thioether (sulfide) groups is 2. The number of hydrogen-bond acceptors (Lipinski definition) is 8. The van der Waals surface area contributed by atoms with Gasteiger partial charge in [0, 0.05) is 6.42 Å². The number of benzene rings is 1. The van der Waals surface area contributed by atoms with Crippen molar-refractivity contribution in [2.45, 2.75) is 16.9 Å². The van der Waals surface area contributed by atoms with Gasteiger partial charge in [-0.2, -0.15) is 0 Å². The Labute approximate surface area is 149 Å². The summed E-state index contributed by atoms with van der Waals surface area (Å²) in [4.78, 5) is 50.0. The van der Waals surface area contributed by atoms with Crippen LogP contribution < -0.4 is 16.2 Å². The molecule has 1 atom stereocenters. The molecule has 2 aromatic rings. The molecule has 1 aliphatic heterocycles. The van der Waals surface area contributed by atoms with E-state index in [0.717, 1.165) is 23.5 Å². The van der Waals surface area contributed by atoms with Crippen molar-refractivity contribution < 1.29 is 23.6 Å². The second-order valence-corrected chi connectivity index (χ2v) is 7.02. The molecular formula is C14H12N4O5S2. The van der Waals surface area contributed by atoms with Crippen LogP contribution in [0.2, 0.25) is 0 Å². The molecule has 2 heterocycles. The van der Waals surface area contributed by atoms with Gasteiger partial charge < -0.3 is 4.42 Å². The summed E-state index contributed by atoms with van der Waals surface area (Å²) in [6.45, 7) is 0. The molecule has 130 valence electrons. The molecule has 1 fully saturated rings. The van der Waals surface area contributed by atoms with E-state index in [0.29, 0.717) is 16.3 Å². The molecule has 1 aromatic heterocycles. The number of imide groups is 1. The predicted molar refractivity (Wildman–Crippen MR) is 90.6 cm³/mol. The maximum atomic E-state index is 11.7. The van der Waals surface area contributed by atoms with E-state index in [-0.39, 0.29) is 12.2 Å². The largest absolute Gasteiger partial charge is 0.431 e. The van der Waals surface area contributed by atoms with Crippen LogP contribution in [0.5, 0.6) is 0 Å². The summed E-state index contributed by atoms with van der Waals surface area (Å²) in [6, 6.07) is 7.22. The normalized spacial score (nSPS) is 16.7. The standard InChI is InChI=1S/C14H12N4O5S2/c19-10(5-9-12(21)16-13(22)25-9)17-18-11(20)6-24-14-15-7-3-1-2-4-8(7)23-14/h1-4,9H,5-6H2,(H,17,19)(H,18,20)(H,16,21,22). The zero-order valence-corrected chi connectivity index (χ0v) is 14.2. The fraction of sp³-hybridized carbons (Fsp3) is 0.214. The number of carbonyl (C=O) groups is 4. The van der Waals surface area contributed by atoms with E-state index in [1.165, 1.54) is 0 Å². The molecule has 4 amide bonds. The van der Waals surface area contributed by atoms with Crippen LogP contribution in [0, 0.1) is 0 Å². The summed E-state index contributed by atoms with van der Waals surface area (Å²) < 4.78 is 5.46. The van der Waals surface area contributed by atoms with E-state index in [1.807, 2.05) is 12.1 Å². The third-order valence-corrected chi connectivity index (χ3v) is 4.89. The number of nitrogens with zero attached hydrogens (tertiary/aromatic N) is 1. The molecule has 1 aromatic carbocycles. The number of hydrogen-bond donors (Lipinski definition) is 3. The van der Waals surface area contributed by atoms with Crippen LogP contribution in [-0.2, 0) is 14.4 Å². The molecule has 1 saturated heterocycles. The first-order chi connectivity index (χ1) is 12.0. The lowest BCUT2D eigenvalue weighted by atomic mass is 10.3. The van der Waals surface area contributed by atoms with Gasteiger partial charge >= 0.3 is 0 Å². The first kappa shape index (κ1) is 17.3. The zero-order valence-electron chi connectivity index (χ0n) is 12.6. The molecule has 0 spiro atoms. The summed E-state index contributed by atoms with van der Waals surface area (Å²) in [5.41, 5.74) is 5.75. The molecule has 0 aliphatic carbocycles. The number of para-hydroxylation sites is 2. The highest BCUT2D eigenvalue weighted by molar-refractivity contribution is 8.15. The molecule has 11 heteroatoms. The number of oxazole rings is 1. The Morgan fingerprint density at radius 3 is 2.72 bits per heavy atom. The molecule has 25 heavy (non-hydrogen) atoms. The van der Waals surface area contributed by atoms with Crippen molar-refractivity contribution in [2.24, 2.45) is 0 Å². The Hall–Kier alpha value is -2.53. The van der Waals surface area contributed by atoms with E-state index < -0.39 is 28.2 Å². The Kier molecular flexibility index (Phi) is 5.24. The van der Waals surface area contributed by atoms with Crippen molar-refractivity contribution in [1.82, 2.24) is 21.2 Å². The van der Waals surface area contributed by atoms with Gasteiger partial charge in [0.2, 0.25) is 17.7 Å². The van der Waals surface area contributed by atoms with Gasteiger partial charge in [-0.05, 0) is 12.1 Å². The molecular weight excluding hydrogens is 368 g/mol. The first-order valence-corrected chi connectivity index (χ1v) is 8.95. The average molecular weight is 380 g/mol. The van der Waals surface area contributed by atoms with Crippen molar-refractivity contribution >= 4 is 57.6 Å². The minimum absolute atomic E-state index is 0.00967. The number of nitrogens with one attached hydrogen (secondary N) is 3. The molecule has 1 unspecified atom stereocenters. The van der Waals surface area contributed by atoms with E-state index in [9.17, 15) is 19.2 Å². The second kappa shape index (κ2) is 7.57. The smallest absolute Gasteiger partial charge is 0.286 e. The SMILES string of the molecule is O=C(CSc1nc2ccccc2o1)NNC(=O)CC1SC(=O)NC1=O. The fourth-order valence-electron chi connectivity index (χ4n) is 1.96. The third kappa shape index (κ3) is 4.51. The summed E-state index contributed by atoms with van der Waals surface area (Å²) in [5.74, 6) is -1.55. The lowest BCUT2D eigenvalue weighted by molar-refractivity contribution is -0.128. The Balaban J connectivity index is 1.41. The van der Waals surface area contributed by atoms with Gasteiger partial charge in [-0.15, -0.1) is 0 Å². The topological polar surface area (TPSA) is 130 Å². The number of rotatable bonds is 5. The van der Waals surface area contributed by atoms with E-state index in [1.54, 1.807) is 12.1 Å². The van der Waals surface area contributed by atoms with Gasteiger partial charge in [0.05, 0.1) is 5.75 Å². The molecule has 9 nitrogen and oxygen atoms in total. The highest BCUT2D eigenvalue weighted by Crippen LogP contribution is 2.23. The lowest BCUT2D eigenvalue weighted by Gasteiger charge is -2.08. The van der Waals surface area contributed by atoms with Crippen LogP contribution in [0.3, 0.4) is 0 Å². The van der Waals surface area contributed by atoms with E-state index in [4.69, 9.17) is 4.42 Å². The molecule has 3 rings (SSSR count). The summed E-state index contributed by atoms with van der Waals surface area (Å²) in [5, 5.41) is 1.17. The minimum atomic E-state index is -0.779. The van der Waals surface area contributed by atoms with Gasteiger partial charge in [-0.3, -0.25) is 35.3 Å². The summed E-state index contributed by atoms with van der Waals surface area (Å²) in [7, 11) is 0. The molecule has 0 radical (unpaired) electrons. The predicted octanol–water partition coefficient (Wildman–Crippen LogP) is 0.809. The average Bonchev–Trinajstić information content (AvgIpc) is 3.13. The second-order valence-electron chi connectivity index (χ2n) is 4.92. The third-order valence-electron chi connectivity index (χ3n) is 3.08. The van der Waals surface area contributed by atoms with E-state index >= 15 is 0 Å². The highest BCUT2D eigenvalue weighted by atomic mass is 32.2. The van der Waals surface area contributed by atoms with Crippen LogP contribution in [-0.4, -0.2) is 38.9 Å². The maximum absolute atomic E-state index is 11.7. The van der Waals surface area contributed by atoms with Gasteiger partial charge in [-0.1, -0.05) is 35.7 Å². The van der Waals surface area contributed by atoms with Gasteiger partial charge in [-0.25, -0.2) is 4.98 Å². The van der Waals surface area contributed by atoms with Crippen molar-refractivity contribution in [3.05, 3.63) is 24.3 Å². The number of hydrazine groups is 1. The molecule has 0 bridgehead atoms. The van der Waals surface area contributed by atoms with Gasteiger partial charge in [0.25, 0.3) is 10.5 Å². The monoisotopic (exact) mass is 380 g/mol. The molecule has 3 N–H and O–H groups in total. The van der Waals surface area contributed by atoms with Crippen LogP contribution in [0.15, 0.2) is 33.9 Å². The fourth-order valence-corrected chi connectivity index (χ4v) is 3.42. The van der Waals surface area contributed by atoms with Crippen molar-refractivity contribution in [3.8, 4) is 0 Å². The van der Waals surface area contributed by atoms with Gasteiger partial charge in [0.15, 0.2) is 5.58 Å². The number of amides is 4. The van der Waals surface area contributed by atoms with Crippen molar-refractivity contribution in [2.75, 3.05) is 5.75 Å². The maximum Gasteiger partial charge on any atom is 0.286 e. The highest BCUT2D eigenvalue weighted by Gasteiger charge is 2.33. The van der Waals surface area contributed by atoms with Crippen LogP contribution in [0.25, 0.3) is 11.1 Å². The van der Waals surface area contributed by atoms with Crippen molar-refractivity contribution in [1.29, 1.82) is 0 Å². The van der Waals surface area contributed by atoms with Crippen LogP contribution in [0.1, 0.15) is 6.42 Å². The van der Waals surface area contributed by atoms with E-state index in [2.05, 4.69) is 21.2 Å². The number of aromatic nitrogens is 1. The summed E-state index contributed by atoms with van der Waals surface area (Å²) in [6.07, 6.45) is -0.208. The zero-order chi connectivity index (χ0) is 17.8.